The molecule has 0 bridgehead atoms. The first-order valence-corrected chi connectivity index (χ1v) is 8.72. The highest BCUT2D eigenvalue weighted by molar-refractivity contribution is 7.89. The topological polar surface area (TPSA) is 88.6 Å². The number of nitrogens with zero attached hydrogens (tertiary/aromatic N) is 2. The Morgan fingerprint density at radius 3 is 2.58 bits per heavy atom. The average Bonchev–Trinajstić information content (AvgIpc) is 2.57. The van der Waals surface area contributed by atoms with E-state index in [0.717, 1.165) is 4.31 Å². The van der Waals surface area contributed by atoms with Crippen LogP contribution < -0.4 is 10.1 Å². The third kappa shape index (κ3) is 3.90. The fourth-order valence-corrected chi connectivity index (χ4v) is 3.00. The van der Waals surface area contributed by atoms with Crippen molar-refractivity contribution in [1.82, 2.24) is 9.29 Å². The third-order valence-corrected chi connectivity index (χ3v) is 4.99. The van der Waals surface area contributed by atoms with Crippen molar-refractivity contribution < 1.29 is 17.9 Å². The fourth-order valence-electron chi connectivity index (χ4n) is 1.95. The predicted molar refractivity (Wildman–Crippen MR) is 90.7 cm³/mol. The summed E-state index contributed by atoms with van der Waals surface area (Å²) in [7, 11) is -0.842. The lowest BCUT2D eigenvalue weighted by atomic mass is 10.2. The SMILES string of the molecule is CCOc1ccc(NC(=O)c2ccccn2)cc1S(=O)(=O)N(C)C. The molecule has 0 aliphatic heterocycles. The van der Waals surface area contributed by atoms with Crippen LogP contribution in [0.5, 0.6) is 5.75 Å². The highest BCUT2D eigenvalue weighted by Gasteiger charge is 2.23. The van der Waals surface area contributed by atoms with Gasteiger partial charge >= 0.3 is 0 Å². The molecule has 0 saturated carbocycles. The van der Waals surface area contributed by atoms with Crippen LogP contribution in [0.15, 0.2) is 47.5 Å². The molecule has 1 aromatic heterocycles. The molecule has 0 saturated heterocycles. The fraction of sp³-hybridized carbons (Fsp3) is 0.250. The van der Waals surface area contributed by atoms with E-state index in [4.69, 9.17) is 4.74 Å². The van der Waals surface area contributed by atoms with E-state index in [1.165, 1.54) is 32.4 Å². The van der Waals surface area contributed by atoms with Crippen molar-refractivity contribution in [3.8, 4) is 5.75 Å². The second kappa shape index (κ2) is 7.41. The van der Waals surface area contributed by atoms with Gasteiger partial charge in [0.15, 0.2) is 0 Å². The number of nitrogens with one attached hydrogen (secondary N) is 1. The summed E-state index contributed by atoms with van der Waals surface area (Å²) in [5, 5.41) is 2.64. The summed E-state index contributed by atoms with van der Waals surface area (Å²) in [6.07, 6.45) is 1.51. The Bertz CT molecular complexity index is 820. The number of rotatable bonds is 6. The van der Waals surface area contributed by atoms with Gasteiger partial charge in [-0.25, -0.2) is 12.7 Å². The van der Waals surface area contributed by atoms with Crippen molar-refractivity contribution in [1.29, 1.82) is 0 Å². The van der Waals surface area contributed by atoms with Crippen LogP contribution in [0, 0.1) is 0 Å². The average molecular weight is 349 g/mol. The molecule has 1 amide bonds. The van der Waals surface area contributed by atoms with Gasteiger partial charge in [-0.2, -0.15) is 0 Å². The normalized spacial score (nSPS) is 11.3. The third-order valence-electron chi connectivity index (χ3n) is 3.16. The zero-order valence-corrected chi connectivity index (χ0v) is 14.5. The summed E-state index contributed by atoms with van der Waals surface area (Å²) in [5.74, 6) is -0.185. The maximum Gasteiger partial charge on any atom is 0.274 e. The van der Waals surface area contributed by atoms with Crippen LogP contribution in [-0.4, -0.2) is 44.3 Å². The Hall–Kier alpha value is -2.45. The number of pyridine rings is 1. The number of sulfonamides is 1. The number of ether oxygens (including phenoxy) is 1. The van der Waals surface area contributed by atoms with Gasteiger partial charge in [0.2, 0.25) is 10.0 Å². The lowest BCUT2D eigenvalue weighted by Crippen LogP contribution is -2.23. The second-order valence-corrected chi connectivity index (χ2v) is 7.17. The Morgan fingerprint density at radius 1 is 1.25 bits per heavy atom. The molecule has 0 aliphatic rings. The number of carbonyl (C=O) groups excluding carboxylic acids is 1. The number of benzene rings is 1. The second-order valence-electron chi connectivity index (χ2n) is 5.05. The van der Waals surface area contributed by atoms with Crippen LogP contribution in [0.25, 0.3) is 0 Å². The standard InChI is InChI=1S/C16H19N3O4S/c1-4-23-14-9-8-12(11-15(14)24(21,22)19(2)3)18-16(20)13-7-5-6-10-17-13/h5-11H,4H2,1-3H3,(H,18,20). The van der Waals surface area contributed by atoms with Gasteiger partial charge in [0.05, 0.1) is 6.61 Å². The van der Waals surface area contributed by atoms with Crippen molar-refractivity contribution >= 4 is 21.6 Å². The zero-order chi connectivity index (χ0) is 17.7. The molecule has 2 rings (SSSR count). The van der Waals surface area contributed by atoms with Crippen LogP contribution in [0.1, 0.15) is 17.4 Å². The highest BCUT2D eigenvalue weighted by Crippen LogP contribution is 2.29. The lowest BCUT2D eigenvalue weighted by Gasteiger charge is -2.16. The maximum absolute atomic E-state index is 12.5. The number of amides is 1. The van der Waals surface area contributed by atoms with E-state index in [0.29, 0.717) is 12.3 Å². The van der Waals surface area contributed by atoms with Gasteiger partial charge < -0.3 is 10.1 Å². The van der Waals surface area contributed by atoms with E-state index >= 15 is 0 Å². The Balaban J connectivity index is 2.38. The molecule has 8 heteroatoms. The van der Waals surface area contributed by atoms with E-state index in [9.17, 15) is 13.2 Å². The largest absolute Gasteiger partial charge is 0.492 e. The van der Waals surface area contributed by atoms with Gasteiger partial charge in [-0.05, 0) is 37.3 Å². The van der Waals surface area contributed by atoms with Gasteiger partial charge in [-0.3, -0.25) is 9.78 Å². The predicted octanol–water partition coefficient (Wildman–Crippen LogP) is 1.98. The molecule has 0 unspecified atom stereocenters. The van der Waals surface area contributed by atoms with E-state index in [-0.39, 0.29) is 16.3 Å². The van der Waals surface area contributed by atoms with Crippen LogP contribution in [0.4, 0.5) is 5.69 Å². The van der Waals surface area contributed by atoms with E-state index in [2.05, 4.69) is 10.3 Å². The van der Waals surface area contributed by atoms with Gasteiger partial charge in [0.25, 0.3) is 5.91 Å². The smallest absolute Gasteiger partial charge is 0.274 e. The van der Waals surface area contributed by atoms with Crippen LogP contribution in [0.2, 0.25) is 0 Å². The first-order valence-electron chi connectivity index (χ1n) is 7.28. The van der Waals surface area contributed by atoms with Crippen molar-refractivity contribution in [3.63, 3.8) is 0 Å². The molecule has 0 radical (unpaired) electrons. The first kappa shape index (κ1) is 17.9. The molecular weight excluding hydrogens is 330 g/mol. The molecule has 0 aliphatic carbocycles. The molecule has 0 atom stereocenters. The lowest BCUT2D eigenvalue weighted by molar-refractivity contribution is 0.102. The summed E-state index contributed by atoms with van der Waals surface area (Å²) in [4.78, 5) is 16.1. The summed E-state index contributed by atoms with van der Waals surface area (Å²) in [6, 6.07) is 9.45. The minimum Gasteiger partial charge on any atom is -0.492 e. The Labute approximate surface area is 141 Å². The zero-order valence-electron chi connectivity index (χ0n) is 13.7. The molecule has 2 aromatic rings. The highest BCUT2D eigenvalue weighted by atomic mass is 32.2. The van der Waals surface area contributed by atoms with Gasteiger partial charge in [0.1, 0.15) is 16.3 Å². The molecule has 7 nitrogen and oxygen atoms in total. The quantitative estimate of drug-likeness (QED) is 0.861. The van der Waals surface area contributed by atoms with Crippen molar-refractivity contribution in [2.75, 3.05) is 26.0 Å². The Morgan fingerprint density at radius 2 is 2.00 bits per heavy atom. The van der Waals surface area contributed by atoms with Crippen LogP contribution in [-0.2, 0) is 10.0 Å². The van der Waals surface area contributed by atoms with Crippen molar-refractivity contribution in [2.45, 2.75) is 11.8 Å². The number of aromatic nitrogens is 1. The Kier molecular flexibility index (Phi) is 5.53. The van der Waals surface area contributed by atoms with Crippen LogP contribution in [0.3, 0.4) is 0 Å². The van der Waals surface area contributed by atoms with Crippen LogP contribution >= 0.6 is 0 Å². The van der Waals surface area contributed by atoms with Crippen molar-refractivity contribution in [3.05, 3.63) is 48.3 Å². The van der Waals surface area contributed by atoms with Gasteiger partial charge in [-0.15, -0.1) is 0 Å². The summed E-state index contributed by atoms with van der Waals surface area (Å²) >= 11 is 0. The number of carbonyl (C=O) groups is 1. The number of anilines is 1. The summed E-state index contributed by atoms with van der Waals surface area (Å²) < 4.78 is 31.4. The molecule has 128 valence electrons. The number of hydrogen-bond donors (Lipinski definition) is 1. The number of hydrogen-bond acceptors (Lipinski definition) is 5. The monoisotopic (exact) mass is 349 g/mol. The molecule has 1 heterocycles. The molecule has 0 fully saturated rings. The van der Waals surface area contributed by atoms with E-state index in [1.54, 1.807) is 31.2 Å². The summed E-state index contributed by atoms with van der Waals surface area (Å²) in [5.41, 5.74) is 0.581. The van der Waals surface area contributed by atoms with Crippen molar-refractivity contribution in [2.24, 2.45) is 0 Å². The molecule has 0 spiro atoms. The first-order chi connectivity index (χ1) is 11.4. The maximum atomic E-state index is 12.5. The minimum atomic E-state index is -3.71. The van der Waals surface area contributed by atoms with E-state index in [1.807, 2.05) is 0 Å². The molecule has 1 aromatic carbocycles. The van der Waals surface area contributed by atoms with Gasteiger partial charge in [-0.1, -0.05) is 6.07 Å². The van der Waals surface area contributed by atoms with E-state index < -0.39 is 15.9 Å². The summed E-state index contributed by atoms with van der Waals surface area (Å²) in [6.45, 7) is 2.10. The molecule has 1 N–H and O–H groups in total. The molecular formula is C16H19N3O4S. The van der Waals surface area contributed by atoms with Gasteiger partial charge in [0, 0.05) is 26.0 Å². The minimum absolute atomic E-state index is 0.00632. The molecule has 24 heavy (non-hydrogen) atoms.